The van der Waals surface area contributed by atoms with Gasteiger partial charge in [-0.25, -0.2) is 9.78 Å². The van der Waals surface area contributed by atoms with E-state index < -0.39 is 5.97 Å². The van der Waals surface area contributed by atoms with Crippen molar-refractivity contribution in [2.45, 2.75) is 24.5 Å². The first-order valence-electron chi connectivity index (χ1n) is 6.40. The third-order valence-electron chi connectivity index (χ3n) is 3.12. The molecule has 5 nitrogen and oxygen atoms in total. The number of anilines is 2. The minimum atomic E-state index is -0.435. The number of thioether (sulfide) groups is 1. The molecule has 0 saturated carbocycles. The lowest BCUT2D eigenvalue weighted by atomic mass is 10.2. The minimum absolute atomic E-state index is 0.337. The van der Waals surface area contributed by atoms with Gasteiger partial charge in [0.15, 0.2) is 0 Å². The molecule has 0 bridgehead atoms. The van der Waals surface area contributed by atoms with Crippen molar-refractivity contribution in [3.8, 4) is 0 Å². The van der Waals surface area contributed by atoms with E-state index in [1.54, 1.807) is 6.07 Å². The molecule has 3 N–H and O–H groups in total. The predicted octanol–water partition coefficient (Wildman–Crippen LogP) is 2.15. The summed E-state index contributed by atoms with van der Waals surface area (Å²) in [5, 5.41) is 3.89. The van der Waals surface area contributed by atoms with E-state index in [0.717, 1.165) is 6.54 Å². The van der Waals surface area contributed by atoms with Crippen molar-refractivity contribution in [3.05, 3.63) is 17.8 Å². The highest BCUT2D eigenvalue weighted by Crippen LogP contribution is 2.25. The zero-order valence-corrected chi connectivity index (χ0v) is 11.8. The number of aromatic nitrogens is 1. The number of nitrogens with two attached hydrogens (primary N) is 1. The molecule has 0 radical (unpaired) electrons. The van der Waals surface area contributed by atoms with Gasteiger partial charge in [-0.1, -0.05) is 6.42 Å². The molecule has 1 fully saturated rings. The second-order valence-electron chi connectivity index (χ2n) is 4.52. The molecular formula is C13H19N3O2S. The third-order valence-corrected chi connectivity index (χ3v) is 4.52. The summed E-state index contributed by atoms with van der Waals surface area (Å²) < 4.78 is 4.69. The smallest absolute Gasteiger partial charge is 0.340 e. The van der Waals surface area contributed by atoms with Crippen molar-refractivity contribution in [1.82, 2.24) is 4.98 Å². The second-order valence-corrected chi connectivity index (χ2v) is 5.93. The van der Waals surface area contributed by atoms with Crippen LogP contribution in [-0.4, -0.2) is 35.6 Å². The van der Waals surface area contributed by atoms with Gasteiger partial charge >= 0.3 is 5.97 Å². The standard InChI is InChI=1S/C13H19N3O2S/c1-18-13(17)10-6-12(16-8-11(10)14)15-7-9-4-2-3-5-19-9/h6,8-9H,2-5,7,14H2,1H3,(H,15,16). The Morgan fingerprint density at radius 1 is 1.63 bits per heavy atom. The Morgan fingerprint density at radius 2 is 2.47 bits per heavy atom. The quantitative estimate of drug-likeness (QED) is 0.823. The molecule has 1 unspecified atom stereocenters. The van der Waals surface area contributed by atoms with Crippen LogP contribution in [-0.2, 0) is 4.74 Å². The molecule has 104 valence electrons. The van der Waals surface area contributed by atoms with Crippen molar-refractivity contribution >= 4 is 29.2 Å². The maximum Gasteiger partial charge on any atom is 0.340 e. The highest BCUT2D eigenvalue weighted by atomic mass is 32.2. The first-order chi connectivity index (χ1) is 9.20. The lowest BCUT2D eigenvalue weighted by Gasteiger charge is -2.21. The van der Waals surface area contributed by atoms with Crippen LogP contribution in [0.25, 0.3) is 0 Å². The van der Waals surface area contributed by atoms with E-state index in [0.29, 0.717) is 22.3 Å². The Hall–Kier alpha value is -1.43. The molecule has 1 aromatic heterocycles. The van der Waals surface area contributed by atoms with E-state index in [4.69, 9.17) is 5.73 Å². The molecule has 6 heteroatoms. The van der Waals surface area contributed by atoms with E-state index in [9.17, 15) is 4.79 Å². The number of carbonyl (C=O) groups excluding carboxylic acids is 1. The van der Waals surface area contributed by atoms with Gasteiger partial charge < -0.3 is 15.8 Å². The summed E-state index contributed by atoms with van der Waals surface area (Å²) in [5.41, 5.74) is 6.40. The van der Waals surface area contributed by atoms with Gasteiger partial charge in [-0.2, -0.15) is 11.8 Å². The third kappa shape index (κ3) is 3.76. The van der Waals surface area contributed by atoms with Crippen LogP contribution in [0.2, 0.25) is 0 Å². The normalized spacial score (nSPS) is 18.9. The van der Waals surface area contributed by atoms with Crippen molar-refractivity contribution < 1.29 is 9.53 Å². The number of carbonyl (C=O) groups is 1. The van der Waals surface area contributed by atoms with Crippen molar-refractivity contribution in [2.24, 2.45) is 0 Å². The Kier molecular flexibility index (Phi) is 4.90. The minimum Gasteiger partial charge on any atom is -0.465 e. The lowest BCUT2D eigenvalue weighted by molar-refractivity contribution is 0.0602. The van der Waals surface area contributed by atoms with Crippen LogP contribution in [0.15, 0.2) is 12.3 Å². The summed E-state index contributed by atoms with van der Waals surface area (Å²) in [7, 11) is 1.34. The zero-order valence-electron chi connectivity index (χ0n) is 11.0. The van der Waals surface area contributed by atoms with Gasteiger partial charge in [0, 0.05) is 11.8 Å². The number of hydrogen-bond acceptors (Lipinski definition) is 6. The molecule has 0 spiro atoms. The van der Waals surface area contributed by atoms with Crippen LogP contribution in [0.1, 0.15) is 29.6 Å². The fraction of sp³-hybridized carbons (Fsp3) is 0.538. The Labute approximate surface area is 117 Å². The fourth-order valence-electron chi connectivity index (χ4n) is 2.04. The number of rotatable bonds is 4. The summed E-state index contributed by atoms with van der Waals surface area (Å²) in [6.07, 6.45) is 5.33. The molecule has 0 aromatic carbocycles. The zero-order chi connectivity index (χ0) is 13.7. The number of methoxy groups -OCH3 is 1. The molecule has 1 aromatic rings. The van der Waals surface area contributed by atoms with Crippen LogP contribution in [0.5, 0.6) is 0 Å². The maximum atomic E-state index is 11.5. The second kappa shape index (κ2) is 6.65. The SMILES string of the molecule is COC(=O)c1cc(NCC2CCCCS2)ncc1N. The first kappa shape index (κ1) is 14.0. The van der Waals surface area contributed by atoms with Gasteiger partial charge in [0.25, 0.3) is 0 Å². The Bertz CT molecular complexity index is 448. The number of nitrogens with zero attached hydrogens (tertiary/aromatic N) is 1. The average Bonchev–Trinajstić information content (AvgIpc) is 2.46. The van der Waals surface area contributed by atoms with Gasteiger partial charge in [-0.05, 0) is 24.7 Å². The van der Waals surface area contributed by atoms with Crippen molar-refractivity contribution in [3.63, 3.8) is 0 Å². The molecular weight excluding hydrogens is 262 g/mol. The molecule has 1 aliphatic rings. The molecule has 2 rings (SSSR count). The predicted molar refractivity (Wildman–Crippen MR) is 78.6 cm³/mol. The number of nitrogens with one attached hydrogen (secondary N) is 1. The topological polar surface area (TPSA) is 77.2 Å². The molecule has 19 heavy (non-hydrogen) atoms. The monoisotopic (exact) mass is 281 g/mol. The number of ether oxygens (including phenoxy) is 1. The number of nitrogen functional groups attached to an aromatic ring is 1. The summed E-state index contributed by atoms with van der Waals surface area (Å²) >= 11 is 1.99. The summed E-state index contributed by atoms with van der Waals surface area (Å²) in [4.78, 5) is 15.7. The average molecular weight is 281 g/mol. The largest absolute Gasteiger partial charge is 0.465 e. The van der Waals surface area contributed by atoms with Crippen LogP contribution in [0.4, 0.5) is 11.5 Å². The van der Waals surface area contributed by atoms with E-state index in [1.165, 1.54) is 38.3 Å². The molecule has 0 aliphatic carbocycles. The van der Waals surface area contributed by atoms with Gasteiger partial charge in [-0.15, -0.1) is 0 Å². The highest BCUT2D eigenvalue weighted by Gasteiger charge is 2.15. The van der Waals surface area contributed by atoms with Gasteiger partial charge in [0.2, 0.25) is 0 Å². The lowest BCUT2D eigenvalue weighted by Crippen LogP contribution is -2.20. The van der Waals surface area contributed by atoms with E-state index in [-0.39, 0.29) is 0 Å². The van der Waals surface area contributed by atoms with Crippen LogP contribution in [0.3, 0.4) is 0 Å². The van der Waals surface area contributed by atoms with Crippen molar-refractivity contribution in [1.29, 1.82) is 0 Å². The number of esters is 1. The number of pyridine rings is 1. The van der Waals surface area contributed by atoms with E-state index >= 15 is 0 Å². The molecule has 2 heterocycles. The van der Waals surface area contributed by atoms with Gasteiger partial charge in [0.05, 0.1) is 24.6 Å². The maximum absolute atomic E-state index is 11.5. The molecule has 1 aliphatic heterocycles. The fourth-order valence-corrected chi connectivity index (χ4v) is 3.27. The van der Waals surface area contributed by atoms with Gasteiger partial charge in [0.1, 0.15) is 5.82 Å². The van der Waals surface area contributed by atoms with Crippen LogP contribution in [0, 0.1) is 0 Å². The van der Waals surface area contributed by atoms with Crippen LogP contribution >= 0.6 is 11.8 Å². The summed E-state index contributed by atoms with van der Waals surface area (Å²) in [5.74, 6) is 1.46. The molecule has 1 saturated heterocycles. The van der Waals surface area contributed by atoms with E-state index in [1.807, 2.05) is 11.8 Å². The molecule has 1 atom stereocenters. The summed E-state index contributed by atoms with van der Waals surface area (Å²) in [6.45, 7) is 0.863. The van der Waals surface area contributed by atoms with Crippen molar-refractivity contribution in [2.75, 3.05) is 30.5 Å². The summed E-state index contributed by atoms with van der Waals surface area (Å²) in [6, 6.07) is 1.65. The van der Waals surface area contributed by atoms with Crippen LogP contribution < -0.4 is 11.1 Å². The highest BCUT2D eigenvalue weighted by molar-refractivity contribution is 7.99. The number of hydrogen-bond donors (Lipinski definition) is 2. The Balaban J connectivity index is 1.98. The Morgan fingerprint density at radius 3 is 3.16 bits per heavy atom. The molecule has 0 amide bonds. The first-order valence-corrected chi connectivity index (χ1v) is 7.45. The van der Waals surface area contributed by atoms with E-state index in [2.05, 4.69) is 15.0 Å². The van der Waals surface area contributed by atoms with Gasteiger partial charge in [-0.3, -0.25) is 0 Å².